The molecule has 4 aliphatic rings. The molecule has 4 saturated carbocycles. The summed E-state index contributed by atoms with van der Waals surface area (Å²) in [5.41, 5.74) is 5.06. The molecule has 0 aromatic carbocycles. The van der Waals surface area contributed by atoms with Gasteiger partial charge in [-0.25, -0.2) is 0 Å². The Labute approximate surface area is 181 Å². The van der Waals surface area contributed by atoms with Gasteiger partial charge < -0.3 is 10.2 Å². The van der Waals surface area contributed by atoms with Crippen LogP contribution in [0.3, 0.4) is 0 Å². The molecule has 4 heteroatoms. The molecular formula is C26H40N2O2. The second kappa shape index (κ2) is 6.93. The lowest BCUT2D eigenvalue weighted by Crippen LogP contribution is -2.54. The van der Waals surface area contributed by atoms with E-state index in [0.717, 1.165) is 43.2 Å². The highest BCUT2D eigenvalue weighted by molar-refractivity contribution is 5.59. The van der Waals surface area contributed by atoms with Gasteiger partial charge in [-0.3, -0.25) is 4.68 Å². The van der Waals surface area contributed by atoms with Crippen molar-refractivity contribution >= 4 is 6.08 Å². The van der Waals surface area contributed by atoms with E-state index < -0.39 is 0 Å². The number of hydrogen-bond acceptors (Lipinski definition) is 3. The number of rotatable bonds is 1. The van der Waals surface area contributed by atoms with Crippen molar-refractivity contribution in [3.63, 3.8) is 0 Å². The second-order valence-corrected chi connectivity index (χ2v) is 11.7. The van der Waals surface area contributed by atoms with Crippen LogP contribution in [0.15, 0.2) is 5.57 Å². The topological polar surface area (TPSA) is 58.3 Å². The lowest BCUT2D eigenvalue weighted by Gasteiger charge is -2.60. The first kappa shape index (κ1) is 20.8. The monoisotopic (exact) mass is 412 g/mol. The van der Waals surface area contributed by atoms with Gasteiger partial charge in [-0.2, -0.15) is 5.10 Å². The number of nitrogens with zero attached hydrogens (tertiary/aromatic N) is 2. The van der Waals surface area contributed by atoms with Gasteiger partial charge in [0.15, 0.2) is 0 Å². The predicted molar refractivity (Wildman–Crippen MR) is 120 cm³/mol. The minimum Gasteiger partial charge on any atom is -0.393 e. The highest BCUT2D eigenvalue weighted by Crippen LogP contribution is 2.67. The molecule has 166 valence electrons. The Morgan fingerprint density at radius 2 is 1.73 bits per heavy atom. The molecule has 30 heavy (non-hydrogen) atoms. The zero-order chi connectivity index (χ0) is 21.4. The average Bonchev–Trinajstić information content (AvgIpc) is 3.10. The van der Waals surface area contributed by atoms with Crippen LogP contribution in [0.2, 0.25) is 0 Å². The van der Waals surface area contributed by atoms with Crippen LogP contribution in [-0.2, 0) is 7.05 Å². The highest BCUT2D eigenvalue weighted by Gasteiger charge is 2.61. The van der Waals surface area contributed by atoms with Crippen molar-refractivity contribution in [3.05, 3.63) is 22.5 Å². The molecule has 0 amide bonds. The van der Waals surface area contributed by atoms with Gasteiger partial charge in [-0.05, 0) is 106 Å². The maximum atomic E-state index is 11.5. The Morgan fingerprint density at radius 1 is 1.00 bits per heavy atom. The highest BCUT2D eigenvalue weighted by atomic mass is 16.3. The quantitative estimate of drug-likeness (QED) is 0.697. The van der Waals surface area contributed by atoms with Crippen molar-refractivity contribution in [2.24, 2.45) is 41.5 Å². The summed E-state index contributed by atoms with van der Waals surface area (Å²) in [7, 11) is 2.00. The number of hydrogen-bond donors (Lipinski definition) is 2. The first-order valence-electron chi connectivity index (χ1n) is 12.2. The van der Waals surface area contributed by atoms with E-state index in [1.54, 1.807) is 0 Å². The summed E-state index contributed by atoms with van der Waals surface area (Å²) in [6, 6.07) is 0. The second-order valence-electron chi connectivity index (χ2n) is 11.7. The maximum absolute atomic E-state index is 11.5. The van der Waals surface area contributed by atoms with Crippen molar-refractivity contribution in [2.45, 2.75) is 91.3 Å². The largest absolute Gasteiger partial charge is 0.393 e. The van der Waals surface area contributed by atoms with Crippen LogP contribution >= 0.6 is 0 Å². The van der Waals surface area contributed by atoms with Crippen LogP contribution in [0.5, 0.6) is 0 Å². The van der Waals surface area contributed by atoms with E-state index in [1.165, 1.54) is 42.5 Å². The van der Waals surface area contributed by atoms with Crippen molar-refractivity contribution < 1.29 is 10.2 Å². The van der Waals surface area contributed by atoms with E-state index in [4.69, 9.17) is 0 Å². The van der Waals surface area contributed by atoms with E-state index in [1.807, 2.05) is 11.7 Å². The smallest absolute Gasteiger partial charge is 0.0809 e. The van der Waals surface area contributed by atoms with Gasteiger partial charge >= 0.3 is 0 Å². The lowest BCUT2D eigenvalue weighted by atomic mass is 9.45. The van der Waals surface area contributed by atoms with E-state index in [9.17, 15) is 10.2 Å². The Kier molecular flexibility index (Phi) is 4.80. The third kappa shape index (κ3) is 2.82. The maximum Gasteiger partial charge on any atom is 0.0809 e. The summed E-state index contributed by atoms with van der Waals surface area (Å²) in [5, 5.41) is 26.3. The normalized spacial score (nSPS) is 47.1. The summed E-state index contributed by atoms with van der Waals surface area (Å²) < 4.78 is 1.95. The fourth-order valence-corrected chi connectivity index (χ4v) is 8.42. The first-order valence-corrected chi connectivity index (χ1v) is 12.2. The molecular weight excluding hydrogens is 372 g/mol. The molecule has 0 saturated heterocycles. The molecule has 5 rings (SSSR count). The van der Waals surface area contributed by atoms with Crippen LogP contribution in [0.4, 0.5) is 0 Å². The molecule has 0 radical (unpaired) electrons. The van der Waals surface area contributed by atoms with E-state index >= 15 is 0 Å². The Balaban J connectivity index is 1.46. The van der Waals surface area contributed by atoms with Gasteiger partial charge in [-0.15, -0.1) is 0 Å². The van der Waals surface area contributed by atoms with Crippen LogP contribution in [0.25, 0.3) is 6.08 Å². The molecule has 0 aliphatic heterocycles. The van der Waals surface area contributed by atoms with Crippen LogP contribution in [0.1, 0.15) is 82.2 Å². The molecule has 0 bridgehead atoms. The molecule has 1 aromatic rings. The van der Waals surface area contributed by atoms with E-state index in [-0.39, 0.29) is 17.6 Å². The molecule has 4 nitrogen and oxygen atoms in total. The van der Waals surface area contributed by atoms with Crippen molar-refractivity contribution in [3.8, 4) is 0 Å². The van der Waals surface area contributed by atoms with E-state index in [2.05, 4.69) is 38.9 Å². The number of aliphatic hydroxyl groups excluding tert-OH is 2. The van der Waals surface area contributed by atoms with Gasteiger partial charge in [0.2, 0.25) is 0 Å². The van der Waals surface area contributed by atoms with Crippen LogP contribution in [0, 0.1) is 48.3 Å². The fourth-order valence-electron chi connectivity index (χ4n) is 8.42. The standard InChI is InChI=1S/C26H40N2O2/c1-15-21(16(2)28(5)27-15)12-17-13-23-20-7-6-18-14-19(29)8-10-25(18,3)22(20)9-11-26(23,4)24(17)30/h12,18-20,22-24,29-30H,6-11,13-14H2,1-5H3/b17-12-/t18-,19+,20+,22-,23-,24+,25-,26-/m0/s1. The van der Waals surface area contributed by atoms with E-state index in [0.29, 0.717) is 17.3 Å². The molecule has 0 unspecified atom stereocenters. The minimum absolute atomic E-state index is 0.00833. The zero-order valence-electron chi connectivity index (χ0n) is 19.5. The molecule has 1 aromatic heterocycles. The van der Waals surface area contributed by atoms with Gasteiger partial charge in [-0.1, -0.05) is 13.8 Å². The number of fused-ring (bicyclic) bond motifs is 5. The predicted octanol–water partition coefficient (Wildman–Crippen LogP) is 4.79. The minimum atomic E-state index is -0.332. The summed E-state index contributed by atoms with van der Waals surface area (Å²) >= 11 is 0. The Hall–Kier alpha value is -1.13. The third-order valence-electron chi connectivity index (χ3n) is 10.4. The molecule has 8 atom stereocenters. The Bertz CT molecular complexity index is 873. The molecule has 0 spiro atoms. The molecule has 4 aliphatic carbocycles. The van der Waals surface area contributed by atoms with Crippen LogP contribution in [-0.4, -0.2) is 32.2 Å². The summed E-state index contributed by atoms with van der Waals surface area (Å²) in [6.07, 6.45) is 11.0. The summed E-state index contributed by atoms with van der Waals surface area (Å²) in [5.74, 6) is 2.75. The SMILES string of the molecule is Cc1nn(C)c(C)c1/C=C1/C[C@H]2[C@@H]3CC[C@H]4C[C@H](O)CC[C@]4(C)[C@H]3CC[C@]2(C)[C@@H]1O. The van der Waals surface area contributed by atoms with Gasteiger partial charge in [0, 0.05) is 23.7 Å². The number of aliphatic hydroxyl groups is 2. The van der Waals surface area contributed by atoms with Crippen molar-refractivity contribution in [1.82, 2.24) is 9.78 Å². The Morgan fingerprint density at radius 3 is 2.43 bits per heavy atom. The van der Waals surface area contributed by atoms with Gasteiger partial charge in [0.1, 0.15) is 0 Å². The molecule has 2 N–H and O–H groups in total. The number of aromatic nitrogens is 2. The van der Waals surface area contributed by atoms with Gasteiger partial charge in [0.05, 0.1) is 17.9 Å². The van der Waals surface area contributed by atoms with Crippen LogP contribution < -0.4 is 0 Å². The fraction of sp³-hybridized carbons (Fsp3) is 0.808. The first-order chi connectivity index (χ1) is 14.1. The van der Waals surface area contributed by atoms with Crippen molar-refractivity contribution in [1.29, 1.82) is 0 Å². The lowest BCUT2D eigenvalue weighted by molar-refractivity contribution is -0.133. The zero-order valence-corrected chi connectivity index (χ0v) is 19.5. The summed E-state index contributed by atoms with van der Waals surface area (Å²) in [4.78, 5) is 0. The number of aryl methyl sites for hydroxylation is 2. The average molecular weight is 413 g/mol. The third-order valence-corrected chi connectivity index (χ3v) is 10.4. The van der Waals surface area contributed by atoms with Crippen molar-refractivity contribution in [2.75, 3.05) is 0 Å². The molecule has 1 heterocycles. The molecule has 4 fully saturated rings. The van der Waals surface area contributed by atoms with Gasteiger partial charge in [0.25, 0.3) is 0 Å². The summed E-state index contributed by atoms with van der Waals surface area (Å²) in [6.45, 7) is 9.10.